The molecule has 2 heterocycles. The minimum Gasteiger partial charge on any atom is -0.350 e. The molecule has 1 aromatic carbocycles. The van der Waals surface area contributed by atoms with E-state index in [1.165, 1.54) is 35.6 Å². The average molecular weight is 478 g/mol. The first-order chi connectivity index (χ1) is 15.8. The molecule has 2 N–H and O–H groups in total. The van der Waals surface area contributed by atoms with Gasteiger partial charge in [0.25, 0.3) is 5.91 Å². The van der Waals surface area contributed by atoms with Gasteiger partial charge in [-0.2, -0.15) is 18.3 Å². The SMILES string of the molecule is O=C(CCNC(=O)c1cc(-c2ccccc2C(F)(F)F)n(C2CCCC2)n1)Nc1nccs1. The quantitative estimate of drug-likeness (QED) is 0.507. The second-order valence-corrected chi connectivity index (χ2v) is 8.63. The molecule has 0 saturated heterocycles. The van der Waals surface area contributed by atoms with E-state index in [-0.39, 0.29) is 41.9 Å². The van der Waals surface area contributed by atoms with Crippen LogP contribution in [0.3, 0.4) is 0 Å². The van der Waals surface area contributed by atoms with Gasteiger partial charge in [-0.1, -0.05) is 31.0 Å². The topological polar surface area (TPSA) is 88.9 Å². The number of carbonyl (C=O) groups is 2. The zero-order valence-corrected chi connectivity index (χ0v) is 18.4. The van der Waals surface area contributed by atoms with E-state index in [1.54, 1.807) is 16.3 Å². The van der Waals surface area contributed by atoms with Crippen molar-refractivity contribution in [3.05, 3.63) is 53.2 Å². The molecule has 11 heteroatoms. The predicted octanol–water partition coefficient (Wildman–Crippen LogP) is 4.90. The lowest BCUT2D eigenvalue weighted by Crippen LogP contribution is -2.28. The zero-order valence-electron chi connectivity index (χ0n) is 17.6. The van der Waals surface area contributed by atoms with Crippen molar-refractivity contribution in [2.75, 3.05) is 11.9 Å². The summed E-state index contributed by atoms with van der Waals surface area (Å²) >= 11 is 1.28. The average Bonchev–Trinajstić information content (AvgIpc) is 3.54. The third-order valence-corrected chi connectivity index (χ3v) is 6.15. The molecule has 0 unspecified atom stereocenters. The molecule has 1 fully saturated rings. The molecule has 0 bridgehead atoms. The number of alkyl halides is 3. The molecule has 1 aliphatic carbocycles. The minimum atomic E-state index is -4.53. The van der Waals surface area contributed by atoms with Crippen molar-refractivity contribution in [2.45, 2.75) is 44.3 Å². The maximum absolute atomic E-state index is 13.6. The van der Waals surface area contributed by atoms with E-state index < -0.39 is 17.6 Å². The zero-order chi connectivity index (χ0) is 23.4. The predicted molar refractivity (Wildman–Crippen MR) is 118 cm³/mol. The molecule has 0 aliphatic heterocycles. The normalized spacial score (nSPS) is 14.4. The highest BCUT2D eigenvalue weighted by Crippen LogP contribution is 2.40. The Morgan fingerprint density at radius 2 is 1.94 bits per heavy atom. The van der Waals surface area contributed by atoms with E-state index >= 15 is 0 Å². The number of rotatable bonds is 7. The van der Waals surface area contributed by atoms with Crippen LogP contribution in [0.4, 0.5) is 18.3 Å². The molecule has 3 aromatic rings. The minimum absolute atomic E-state index is 0.00808. The van der Waals surface area contributed by atoms with Gasteiger partial charge in [0, 0.05) is 30.1 Å². The van der Waals surface area contributed by atoms with Crippen molar-refractivity contribution in [2.24, 2.45) is 0 Å². The molecule has 2 aromatic heterocycles. The lowest BCUT2D eigenvalue weighted by atomic mass is 10.0. The summed E-state index contributed by atoms with van der Waals surface area (Å²) in [5.74, 6) is -0.846. The number of hydrogen-bond donors (Lipinski definition) is 2. The molecule has 174 valence electrons. The van der Waals surface area contributed by atoms with Crippen LogP contribution in [0, 0.1) is 0 Å². The lowest BCUT2D eigenvalue weighted by molar-refractivity contribution is -0.137. The number of nitrogens with one attached hydrogen (secondary N) is 2. The number of nitrogens with zero attached hydrogens (tertiary/aromatic N) is 3. The summed E-state index contributed by atoms with van der Waals surface area (Å²) in [7, 11) is 0. The summed E-state index contributed by atoms with van der Waals surface area (Å²) in [4.78, 5) is 28.6. The van der Waals surface area contributed by atoms with Gasteiger partial charge < -0.3 is 10.6 Å². The van der Waals surface area contributed by atoms with Crippen molar-refractivity contribution in [1.29, 1.82) is 0 Å². The van der Waals surface area contributed by atoms with Crippen LogP contribution in [0.25, 0.3) is 11.3 Å². The van der Waals surface area contributed by atoms with Crippen molar-refractivity contribution in [3.8, 4) is 11.3 Å². The van der Waals surface area contributed by atoms with Gasteiger partial charge >= 0.3 is 6.18 Å². The monoisotopic (exact) mass is 477 g/mol. The Morgan fingerprint density at radius 1 is 1.18 bits per heavy atom. The van der Waals surface area contributed by atoms with E-state index in [2.05, 4.69) is 20.7 Å². The van der Waals surface area contributed by atoms with Crippen LogP contribution in [0.1, 0.15) is 54.2 Å². The molecule has 4 rings (SSSR count). The molecule has 7 nitrogen and oxygen atoms in total. The van der Waals surface area contributed by atoms with Gasteiger partial charge in [0.1, 0.15) is 0 Å². The smallest absolute Gasteiger partial charge is 0.350 e. The standard InChI is InChI=1S/C22H22F3N5O2S/c23-22(24,25)16-8-4-3-7-15(16)18-13-17(29-30(18)14-5-1-2-6-14)20(32)26-10-9-19(31)28-21-27-11-12-33-21/h3-4,7-8,11-14H,1-2,5-6,9-10H2,(H,26,32)(H,27,28,31). The van der Waals surface area contributed by atoms with E-state index in [4.69, 9.17) is 0 Å². The molecular weight excluding hydrogens is 455 g/mol. The first-order valence-electron chi connectivity index (χ1n) is 10.6. The fourth-order valence-electron chi connectivity index (χ4n) is 3.93. The molecular formula is C22H22F3N5O2S. The lowest BCUT2D eigenvalue weighted by Gasteiger charge is -2.17. The maximum Gasteiger partial charge on any atom is 0.417 e. The Morgan fingerprint density at radius 3 is 2.64 bits per heavy atom. The first-order valence-corrected chi connectivity index (χ1v) is 11.4. The van der Waals surface area contributed by atoms with Crippen molar-refractivity contribution in [1.82, 2.24) is 20.1 Å². The molecule has 1 saturated carbocycles. The van der Waals surface area contributed by atoms with Gasteiger partial charge in [0.2, 0.25) is 5.91 Å². The van der Waals surface area contributed by atoms with Crippen LogP contribution < -0.4 is 10.6 Å². The highest BCUT2D eigenvalue weighted by molar-refractivity contribution is 7.13. The van der Waals surface area contributed by atoms with Crippen LogP contribution in [0.2, 0.25) is 0 Å². The second-order valence-electron chi connectivity index (χ2n) is 7.73. The third-order valence-electron chi connectivity index (χ3n) is 5.46. The van der Waals surface area contributed by atoms with Gasteiger partial charge in [-0.15, -0.1) is 11.3 Å². The Bertz CT molecular complexity index is 1120. The van der Waals surface area contributed by atoms with Crippen LogP contribution in [0.5, 0.6) is 0 Å². The Kier molecular flexibility index (Phi) is 6.77. The largest absolute Gasteiger partial charge is 0.417 e. The van der Waals surface area contributed by atoms with Crippen molar-refractivity contribution >= 4 is 28.3 Å². The van der Waals surface area contributed by atoms with E-state index in [9.17, 15) is 22.8 Å². The van der Waals surface area contributed by atoms with E-state index in [0.717, 1.165) is 31.7 Å². The first kappa shape index (κ1) is 23.0. The summed E-state index contributed by atoms with van der Waals surface area (Å²) in [6.45, 7) is 0.0564. The summed E-state index contributed by atoms with van der Waals surface area (Å²) in [5.41, 5.74) is -0.489. The van der Waals surface area contributed by atoms with Gasteiger partial charge in [-0.05, 0) is 25.0 Å². The second kappa shape index (κ2) is 9.74. The number of hydrogen-bond acceptors (Lipinski definition) is 5. The van der Waals surface area contributed by atoms with Gasteiger partial charge in [-0.25, -0.2) is 4.98 Å². The Hall–Kier alpha value is -3.21. The highest BCUT2D eigenvalue weighted by atomic mass is 32.1. The maximum atomic E-state index is 13.6. The summed E-state index contributed by atoms with van der Waals surface area (Å²) in [5, 5.41) is 11.8. The number of benzene rings is 1. The summed E-state index contributed by atoms with van der Waals surface area (Å²) in [6.07, 6.45) is 0.563. The number of amides is 2. The molecule has 2 amide bonds. The molecule has 0 radical (unpaired) electrons. The Labute approximate surface area is 192 Å². The molecule has 0 atom stereocenters. The number of carbonyl (C=O) groups excluding carboxylic acids is 2. The Balaban J connectivity index is 1.52. The fourth-order valence-corrected chi connectivity index (χ4v) is 4.48. The molecule has 33 heavy (non-hydrogen) atoms. The number of halogens is 3. The van der Waals surface area contributed by atoms with Crippen molar-refractivity contribution in [3.63, 3.8) is 0 Å². The summed E-state index contributed by atoms with van der Waals surface area (Å²) < 4.78 is 42.5. The van der Waals surface area contributed by atoms with E-state index in [1.807, 2.05) is 0 Å². The molecule has 1 aliphatic rings. The van der Waals surface area contributed by atoms with Gasteiger partial charge in [-0.3, -0.25) is 14.3 Å². The van der Waals surface area contributed by atoms with Crippen molar-refractivity contribution < 1.29 is 22.8 Å². The van der Waals surface area contributed by atoms with Crippen LogP contribution >= 0.6 is 11.3 Å². The van der Waals surface area contributed by atoms with E-state index in [0.29, 0.717) is 5.13 Å². The number of anilines is 1. The third kappa shape index (κ3) is 5.41. The number of thiazole rings is 1. The fraction of sp³-hybridized carbons (Fsp3) is 0.364. The van der Waals surface area contributed by atoms with Gasteiger partial charge in [0.05, 0.1) is 17.3 Å². The van der Waals surface area contributed by atoms with Crippen LogP contribution in [-0.2, 0) is 11.0 Å². The van der Waals surface area contributed by atoms with Crippen LogP contribution in [-0.4, -0.2) is 33.1 Å². The molecule has 0 spiro atoms. The number of aromatic nitrogens is 3. The van der Waals surface area contributed by atoms with Gasteiger partial charge in [0.15, 0.2) is 10.8 Å². The summed E-state index contributed by atoms with van der Waals surface area (Å²) in [6, 6.07) is 6.64. The highest BCUT2D eigenvalue weighted by Gasteiger charge is 2.35. The van der Waals surface area contributed by atoms with Crippen LogP contribution in [0.15, 0.2) is 41.9 Å².